The fourth-order valence-electron chi connectivity index (χ4n) is 2.34. The van der Waals surface area contributed by atoms with Crippen LogP contribution in [0.1, 0.15) is 26.5 Å². The van der Waals surface area contributed by atoms with Gasteiger partial charge < -0.3 is 39.3 Å². The van der Waals surface area contributed by atoms with Crippen molar-refractivity contribution in [2.75, 3.05) is 25.7 Å². The van der Waals surface area contributed by atoms with Gasteiger partial charge in [0.05, 0.1) is 6.61 Å². The highest BCUT2D eigenvalue weighted by Crippen LogP contribution is 2.25. The average Bonchev–Trinajstić information content (AvgIpc) is 3.07. The number of aliphatic hydroxyl groups is 4. The summed E-state index contributed by atoms with van der Waals surface area (Å²) in [5.74, 6) is 0.850. The maximum Gasteiger partial charge on any atom is 0.324 e. The first-order chi connectivity index (χ1) is 12.5. The first-order valence-electron chi connectivity index (χ1n) is 8.46. The molecule has 2 rings (SSSR count). The van der Waals surface area contributed by atoms with Crippen molar-refractivity contribution in [3.63, 3.8) is 0 Å². The smallest absolute Gasteiger partial charge is 0.324 e. The van der Waals surface area contributed by atoms with Crippen molar-refractivity contribution in [1.29, 1.82) is 0 Å². The van der Waals surface area contributed by atoms with E-state index in [0.29, 0.717) is 5.76 Å². The van der Waals surface area contributed by atoms with Gasteiger partial charge in [0.1, 0.15) is 36.9 Å². The summed E-state index contributed by atoms with van der Waals surface area (Å²) >= 11 is 0. The predicted octanol–water partition coefficient (Wildman–Crippen LogP) is -0.790. The molecule has 0 radical (unpaired) electrons. The van der Waals surface area contributed by atoms with E-state index >= 15 is 0 Å². The summed E-state index contributed by atoms with van der Waals surface area (Å²) in [5, 5.41) is 44.8. The van der Waals surface area contributed by atoms with Crippen LogP contribution in [-0.2, 0) is 14.9 Å². The van der Waals surface area contributed by atoms with Gasteiger partial charge in [0, 0.05) is 18.5 Å². The van der Waals surface area contributed by atoms with E-state index in [1.807, 2.05) is 20.8 Å². The summed E-state index contributed by atoms with van der Waals surface area (Å²) in [6, 6.07) is 1.07. The van der Waals surface area contributed by atoms with E-state index in [2.05, 4.69) is 10.5 Å². The minimum Gasteiger partial charge on any atom is -0.394 e. The Balaban J connectivity index is 1.88. The summed E-state index contributed by atoms with van der Waals surface area (Å²) in [5.41, 5.74) is -0.256. The van der Waals surface area contributed by atoms with Gasteiger partial charge in [-0.1, -0.05) is 25.9 Å². The van der Waals surface area contributed by atoms with Crippen LogP contribution in [0, 0.1) is 0 Å². The zero-order chi connectivity index (χ0) is 20.4. The number of carbonyl (C=O) groups excluding carboxylic acids is 1. The molecule has 27 heavy (non-hydrogen) atoms. The first kappa shape index (κ1) is 21.5. The fraction of sp³-hybridized carbons (Fsp3) is 0.750. The number of ether oxygens (including phenoxy) is 2. The van der Waals surface area contributed by atoms with Crippen LogP contribution in [-0.4, -0.2) is 87.6 Å². The molecule has 0 saturated carbocycles. The Hall–Kier alpha value is -1.76. The lowest BCUT2D eigenvalue weighted by molar-refractivity contribution is -0.305. The van der Waals surface area contributed by atoms with E-state index < -0.39 is 43.3 Å². The molecule has 0 bridgehead atoms. The molecular formula is C16H27N3O8. The fourth-order valence-corrected chi connectivity index (χ4v) is 2.34. The Morgan fingerprint density at radius 2 is 1.96 bits per heavy atom. The van der Waals surface area contributed by atoms with E-state index in [0.717, 1.165) is 4.90 Å². The van der Waals surface area contributed by atoms with Crippen molar-refractivity contribution in [1.82, 2.24) is 10.1 Å². The highest BCUT2D eigenvalue weighted by Gasteiger charge is 2.44. The lowest BCUT2D eigenvalue weighted by atomic mass is 9.93. The zero-order valence-electron chi connectivity index (χ0n) is 15.7. The van der Waals surface area contributed by atoms with Gasteiger partial charge in [-0.2, -0.15) is 0 Å². The number of hydrogen-bond donors (Lipinski definition) is 5. The third kappa shape index (κ3) is 5.15. The number of aliphatic hydroxyl groups excluding tert-OH is 4. The highest BCUT2D eigenvalue weighted by molar-refractivity contribution is 5.87. The molecule has 11 heteroatoms. The van der Waals surface area contributed by atoms with Crippen LogP contribution in [0.3, 0.4) is 0 Å². The van der Waals surface area contributed by atoms with E-state index in [1.54, 1.807) is 6.07 Å². The van der Waals surface area contributed by atoms with E-state index in [1.165, 1.54) is 7.05 Å². The molecule has 2 heterocycles. The SMILES string of the molecule is CN(CO[C@@H]1O[C@H](CO)[C@@H](O)[C@H](O)[C@H]1O)C(=O)Nc1cc(C(C)(C)C)on1. The van der Waals surface area contributed by atoms with Crippen LogP contribution in [0.5, 0.6) is 0 Å². The number of nitrogens with zero attached hydrogens (tertiary/aromatic N) is 2. The summed E-state index contributed by atoms with van der Waals surface area (Å²) in [6.45, 7) is 4.97. The lowest BCUT2D eigenvalue weighted by Crippen LogP contribution is -2.59. The van der Waals surface area contributed by atoms with Gasteiger partial charge in [0.25, 0.3) is 0 Å². The van der Waals surface area contributed by atoms with Crippen LogP contribution in [0.2, 0.25) is 0 Å². The summed E-state index contributed by atoms with van der Waals surface area (Å²) < 4.78 is 15.7. The molecule has 1 saturated heterocycles. The molecule has 2 amide bonds. The van der Waals surface area contributed by atoms with E-state index in [4.69, 9.17) is 19.1 Å². The van der Waals surface area contributed by atoms with Crippen LogP contribution in [0.25, 0.3) is 0 Å². The zero-order valence-corrected chi connectivity index (χ0v) is 15.7. The Kier molecular flexibility index (Phi) is 6.78. The lowest BCUT2D eigenvalue weighted by Gasteiger charge is -2.39. The Bertz CT molecular complexity index is 629. The summed E-state index contributed by atoms with van der Waals surface area (Å²) in [4.78, 5) is 13.3. The second-order valence-corrected chi connectivity index (χ2v) is 7.45. The molecule has 154 valence electrons. The Labute approximate surface area is 156 Å². The van der Waals surface area contributed by atoms with Crippen LogP contribution in [0.15, 0.2) is 10.6 Å². The number of hydrogen-bond acceptors (Lipinski definition) is 9. The van der Waals surface area contributed by atoms with Gasteiger partial charge in [0.2, 0.25) is 0 Å². The van der Waals surface area contributed by atoms with E-state index in [-0.39, 0.29) is 18.0 Å². The molecule has 1 aliphatic heterocycles. The topological polar surface area (TPSA) is 158 Å². The number of aromatic nitrogens is 1. The van der Waals surface area contributed by atoms with Crippen molar-refractivity contribution in [3.8, 4) is 0 Å². The number of carbonyl (C=O) groups is 1. The molecule has 5 N–H and O–H groups in total. The molecule has 1 aromatic rings. The molecular weight excluding hydrogens is 362 g/mol. The molecule has 0 unspecified atom stereocenters. The normalized spacial score (nSPS) is 28.8. The second kappa shape index (κ2) is 8.50. The van der Waals surface area contributed by atoms with Gasteiger partial charge >= 0.3 is 6.03 Å². The first-order valence-corrected chi connectivity index (χ1v) is 8.46. The van der Waals surface area contributed by atoms with Crippen molar-refractivity contribution in [2.45, 2.75) is 56.9 Å². The van der Waals surface area contributed by atoms with Gasteiger partial charge in [-0.3, -0.25) is 5.32 Å². The van der Waals surface area contributed by atoms with Crippen molar-refractivity contribution >= 4 is 11.8 Å². The quantitative estimate of drug-likeness (QED) is 0.407. The average molecular weight is 389 g/mol. The van der Waals surface area contributed by atoms with Gasteiger partial charge in [0.15, 0.2) is 12.1 Å². The second-order valence-electron chi connectivity index (χ2n) is 7.45. The molecule has 1 aliphatic rings. The van der Waals surface area contributed by atoms with Gasteiger partial charge in [-0.25, -0.2) is 4.79 Å². The monoisotopic (exact) mass is 389 g/mol. The van der Waals surface area contributed by atoms with Crippen LogP contribution in [0.4, 0.5) is 10.6 Å². The molecule has 1 fully saturated rings. The standard InChI is InChI=1S/C16H27N3O8/c1-16(2,3)9-5-10(18-27-9)17-15(24)19(4)7-25-14-13(23)12(22)11(21)8(6-20)26-14/h5,8,11-14,20-23H,6-7H2,1-4H3,(H,17,18,24)/t8-,11-,12+,13-,14-/m1/s1. The summed E-state index contributed by atoms with van der Waals surface area (Å²) in [6.07, 6.45) is -6.97. The van der Waals surface area contributed by atoms with Crippen molar-refractivity contribution < 1.29 is 39.2 Å². The largest absolute Gasteiger partial charge is 0.394 e. The molecule has 11 nitrogen and oxygen atoms in total. The maximum absolute atomic E-state index is 12.2. The molecule has 0 aliphatic carbocycles. The number of amides is 2. The van der Waals surface area contributed by atoms with Crippen LogP contribution < -0.4 is 5.32 Å². The van der Waals surface area contributed by atoms with Crippen molar-refractivity contribution in [2.24, 2.45) is 0 Å². The molecule has 5 atom stereocenters. The minimum atomic E-state index is -1.55. The minimum absolute atomic E-state index is 0.240. The third-order valence-corrected chi connectivity index (χ3v) is 4.11. The summed E-state index contributed by atoms with van der Waals surface area (Å²) in [7, 11) is 1.43. The number of nitrogens with one attached hydrogen (secondary N) is 1. The van der Waals surface area contributed by atoms with Gasteiger partial charge in [-0.05, 0) is 0 Å². The Morgan fingerprint density at radius 1 is 1.30 bits per heavy atom. The third-order valence-electron chi connectivity index (χ3n) is 4.11. The van der Waals surface area contributed by atoms with Crippen LogP contribution >= 0.6 is 0 Å². The van der Waals surface area contributed by atoms with Crippen molar-refractivity contribution in [3.05, 3.63) is 11.8 Å². The number of anilines is 1. The van der Waals surface area contributed by atoms with Gasteiger partial charge in [-0.15, -0.1) is 0 Å². The number of urea groups is 1. The highest BCUT2D eigenvalue weighted by atomic mass is 16.7. The predicted molar refractivity (Wildman–Crippen MR) is 91.7 cm³/mol. The molecule has 1 aromatic heterocycles. The Morgan fingerprint density at radius 3 is 2.52 bits per heavy atom. The maximum atomic E-state index is 12.2. The van der Waals surface area contributed by atoms with E-state index in [9.17, 15) is 20.1 Å². The number of rotatable bonds is 5. The molecule has 0 aromatic carbocycles. The molecule has 0 spiro atoms.